The number of nitrogens with two attached hydrogens (primary N) is 1. The minimum Gasteiger partial charge on any atom is -0.351 e. The molecule has 0 saturated carbocycles. The van der Waals surface area contributed by atoms with Gasteiger partial charge in [-0.15, -0.1) is 0 Å². The molecule has 0 saturated heterocycles. The predicted octanol–water partition coefficient (Wildman–Crippen LogP) is 2.08. The number of carbonyl (C=O) groups is 2. The number of allylic oxidation sites excluding steroid dienone is 1. The first-order valence-corrected chi connectivity index (χ1v) is 5.10. The summed E-state index contributed by atoms with van der Waals surface area (Å²) in [4.78, 5) is 22.1. The van der Waals surface area contributed by atoms with Crippen molar-refractivity contribution in [2.75, 3.05) is 10.6 Å². The molecular weight excluding hydrogens is 218 g/mol. The summed E-state index contributed by atoms with van der Waals surface area (Å²) in [5.41, 5.74) is 7.04. The normalized spacial score (nSPS) is 9.29. The van der Waals surface area contributed by atoms with Gasteiger partial charge in [0.05, 0.1) is 0 Å². The van der Waals surface area contributed by atoms with Crippen LogP contribution in [0.1, 0.15) is 13.8 Å². The molecule has 0 aliphatic rings. The highest BCUT2D eigenvalue weighted by atomic mass is 16.2. The van der Waals surface area contributed by atoms with Crippen molar-refractivity contribution in [2.45, 2.75) is 13.8 Å². The molecule has 0 heterocycles. The lowest BCUT2D eigenvalue weighted by Crippen LogP contribution is -2.19. The summed E-state index contributed by atoms with van der Waals surface area (Å²) in [6, 6.07) is 6.10. The molecule has 1 rings (SSSR count). The van der Waals surface area contributed by atoms with Crippen molar-refractivity contribution in [1.29, 1.82) is 0 Å². The Balaban J connectivity index is 2.75. The number of rotatable bonds is 3. The van der Waals surface area contributed by atoms with Crippen molar-refractivity contribution in [2.24, 2.45) is 5.73 Å². The van der Waals surface area contributed by atoms with Crippen LogP contribution < -0.4 is 16.4 Å². The van der Waals surface area contributed by atoms with E-state index in [4.69, 9.17) is 5.73 Å². The maximum Gasteiger partial charge on any atom is 0.316 e. The third kappa shape index (κ3) is 4.83. The van der Waals surface area contributed by atoms with Crippen LogP contribution in [0.15, 0.2) is 35.9 Å². The molecule has 0 radical (unpaired) electrons. The van der Waals surface area contributed by atoms with Gasteiger partial charge in [0.15, 0.2) is 0 Å². The smallest absolute Gasteiger partial charge is 0.316 e. The molecule has 0 aliphatic heterocycles. The highest BCUT2D eigenvalue weighted by Crippen LogP contribution is 2.14. The zero-order valence-electron chi connectivity index (χ0n) is 9.78. The van der Waals surface area contributed by atoms with Crippen LogP contribution in [0.4, 0.5) is 16.2 Å². The van der Waals surface area contributed by atoms with Crippen LogP contribution in [0, 0.1) is 0 Å². The quantitative estimate of drug-likeness (QED) is 0.698. The van der Waals surface area contributed by atoms with Crippen molar-refractivity contribution < 1.29 is 9.59 Å². The number of nitrogens with one attached hydrogen (secondary N) is 2. The zero-order chi connectivity index (χ0) is 12.8. The van der Waals surface area contributed by atoms with Gasteiger partial charge in [-0.3, -0.25) is 4.79 Å². The van der Waals surface area contributed by atoms with Crippen LogP contribution in [0.5, 0.6) is 0 Å². The maximum absolute atomic E-state index is 11.5. The number of benzene rings is 1. The van der Waals surface area contributed by atoms with E-state index in [0.29, 0.717) is 11.4 Å². The van der Waals surface area contributed by atoms with Gasteiger partial charge in [-0.05, 0) is 32.0 Å². The molecule has 0 aromatic heterocycles. The second-order valence-corrected chi connectivity index (χ2v) is 3.78. The largest absolute Gasteiger partial charge is 0.351 e. The Kier molecular flexibility index (Phi) is 4.28. The van der Waals surface area contributed by atoms with Gasteiger partial charge < -0.3 is 16.4 Å². The van der Waals surface area contributed by atoms with Crippen LogP contribution in [0.2, 0.25) is 0 Å². The number of hydrogen-bond donors (Lipinski definition) is 3. The topological polar surface area (TPSA) is 84.2 Å². The SMILES string of the molecule is CC(C)=CC(=O)Nc1cccc(NC(N)=O)c1. The molecule has 1 aromatic rings. The molecule has 17 heavy (non-hydrogen) atoms. The number of amides is 3. The first-order chi connectivity index (χ1) is 7.97. The van der Waals surface area contributed by atoms with Gasteiger partial charge in [0.25, 0.3) is 0 Å². The fourth-order valence-corrected chi connectivity index (χ4v) is 1.26. The molecule has 0 fully saturated rings. The predicted molar refractivity (Wildman–Crippen MR) is 67.7 cm³/mol. The molecule has 5 heteroatoms. The van der Waals surface area contributed by atoms with E-state index >= 15 is 0 Å². The Morgan fingerprint density at radius 3 is 2.29 bits per heavy atom. The van der Waals surface area contributed by atoms with Crippen molar-refractivity contribution in [3.63, 3.8) is 0 Å². The first kappa shape index (κ1) is 12.8. The van der Waals surface area contributed by atoms with Gasteiger partial charge in [0.2, 0.25) is 5.91 Å². The van der Waals surface area contributed by atoms with Crippen LogP contribution in [0.25, 0.3) is 0 Å². The second kappa shape index (κ2) is 5.69. The minimum atomic E-state index is -0.641. The van der Waals surface area contributed by atoms with E-state index in [1.807, 2.05) is 13.8 Å². The number of carbonyl (C=O) groups excluding carboxylic acids is 2. The van der Waals surface area contributed by atoms with Crippen LogP contribution >= 0.6 is 0 Å². The summed E-state index contributed by atoms with van der Waals surface area (Å²) in [7, 11) is 0. The maximum atomic E-state index is 11.5. The minimum absolute atomic E-state index is 0.207. The number of hydrogen-bond acceptors (Lipinski definition) is 2. The van der Waals surface area contributed by atoms with E-state index < -0.39 is 6.03 Å². The lowest BCUT2D eigenvalue weighted by atomic mass is 10.2. The van der Waals surface area contributed by atoms with Gasteiger partial charge in [-0.2, -0.15) is 0 Å². The third-order valence-electron chi connectivity index (χ3n) is 1.82. The molecule has 3 amide bonds. The second-order valence-electron chi connectivity index (χ2n) is 3.78. The molecule has 0 bridgehead atoms. The summed E-state index contributed by atoms with van der Waals surface area (Å²) in [5.74, 6) is -0.207. The van der Waals surface area contributed by atoms with Gasteiger partial charge in [-0.25, -0.2) is 4.79 Å². The Bertz CT molecular complexity index is 463. The van der Waals surface area contributed by atoms with Gasteiger partial charge in [-0.1, -0.05) is 11.6 Å². The van der Waals surface area contributed by atoms with Crippen molar-refractivity contribution in [1.82, 2.24) is 0 Å². The third-order valence-corrected chi connectivity index (χ3v) is 1.82. The Hall–Kier alpha value is -2.30. The Labute approximate surface area is 99.7 Å². The highest BCUT2D eigenvalue weighted by molar-refractivity contribution is 6.00. The van der Waals surface area contributed by atoms with Crippen LogP contribution in [-0.2, 0) is 4.79 Å². The average Bonchev–Trinajstić information content (AvgIpc) is 2.14. The van der Waals surface area contributed by atoms with Crippen molar-refractivity contribution in [3.05, 3.63) is 35.9 Å². The molecule has 0 unspecified atom stereocenters. The molecule has 0 spiro atoms. The summed E-state index contributed by atoms with van der Waals surface area (Å²) >= 11 is 0. The fraction of sp³-hybridized carbons (Fsp3) is 0.167. The standard InChI is InChI=1S/C12H15N3O2/c1-8(2)6-11(16)14-9-4-3-5-10(7-9)15-12(13)17/h3-7H,1-2H3,(H,14,16)(H3,13,15,17). The Morgan fingerprint density at radius 1 is 1.18 bits per heavy atom. The average molecular weight is 233 g/mol. The number of primary amides is 1. The summed E-state index contributed by atoms with van der Waals surface area (Å²) < 4.78 is 0. The van der Waals surface area contributed by atoms with Crippen molar-refractivity contribution in [3.8, 4) is 0 Å². The number of anilines is 2. The summed E-state index contributed by atoms with van der Waals surface area (Å²) in [6.07, 6.45) is 1.49. The van der Waals surface area contributed by atoms with Crippen LogP contribution in [-0.4, -0.2) is 11.9 Å². The van der Waals surface area contributed by atoms with Gasteiger partial charge in [0.1, 0.15) is 0 Å². The molecule has 5 nitrogen and oxygen atoms in total. The van der Waals surface area contributed by atoms with Gasteiger partial charge >= 0.3 is 6.03 Å². The van der Waals surface area contributed by atoms with E-state index in [0.717, 1.165) is 5.57 Å². The van der Waals surface area contributed by atoms with E-state index in [1.165, 1.54) is 6.08 Å². The summed E-state index contributed by atoms with van der Waals surface area (Å²) in [5, 5.41) is 5.11. The van der Waals surface area contributed by atoms with E-state index in [2.05, 4.69) is 10.6 Å². The van der Waals surface area contributed by atoms with E-state index in [-0.39, 0.29) is 5.91 Å². The lowest BCUT2D eigenvalue weighted by Gasteiger charge is -2.06. The monoisotopic (exact) mass is 233 g/mol. The van der Waals surface area contributed by atoms with Crippen LogP contribution in [0.3, 0.4) is 0 Å². The van der Waals surface area contributed by atoms with Crippen molar-refractivity contribution >= 4 is 23.3 Å². The Morgan fingerprint density at radius 2 is 1.76 bits per heavy atom. The van der Waals surface area contributed by atoms with Gasteiger partial charge in [0, 0.05) is 17.5 Å². The molecule has 0 atom stereocenters. The lowest BCUT2D eigenvalue weighted by molar-refractivity contribution is -0.111. The zero-order valence-corrected chi connectivity index (χ0v) is 9.78. The number of urea groups is 1. The fourth-order valence-electron chi connectivity index (χ4n) is 1.26. The van der Waals surface area contributed by atoms with E-state index in [1.54, 1.807) is 24.3 Å². The van der Waals surface area contributed by atoms with E-state index in [9.17, 15) is 9.59 Å². The summed E-state index contributed by atoms with van der Waals surface area (Å²) in [6.45, 7) is 3.68. The molecular formula is C12H15N3O2. The molecule has 90 valence electrons. The molecule has 1 aromatic carbocycles. The molecule has 4 N–H and O–H groups in total. The first-order valence-electron chi connectivity index (χ1n) is 5.10. The molecule has 0 aliphatic carbocycles. The highest BCUT2D eigenvalue weighted by Gasteiger charge is 2.01.